The topological polar surface area (TPSA) is 40.5 Å². The van der Waals surface area contributed by atoms with Gasteiger partial charge in [0, 0.05) is 17.1 Å². The van der Waals surface area contributed by atoms with Crippen molar-refractivity contribution in [2.24, 2.45) is 0 Å². The lowest BCUT2D eigenvalue weighted by molar-refractivity contribution is -0.136. The van der Waals surface area contributed by atoms with Gasteiger partial charge in [0.05, 0.1) is 6.42 Å². The van der Waals surface area contributed by atoms with Crippen LogP contribution >= 0.6 is 0 Å². The third-order valence-corrected chi connectivity index (χ3v) is 3.58. The van der Waals surface area contributed by atoms with Gasteiger partial charge in [0.15, 0.2) is 0 Å². The van der Waals surface area contributed by atoms with Gasteiger partial charge < -0.3 is 10.0 Å². The van der Waals surface area contributed by atoms with Crippen LogP contribution in [0.5, 0.6) is 0 Å². The molecule has 3 heteroatoms. The third-order valence-electron chi connectivity index (χ3n) is 3.58. The summed E-state index contributed by atoms with van der Waals surface area (Å²) in [5, 5.41) is 8.89. The van der Waals surface area contributed by atoms with E-state index in [0.29, 0.717) is 0 Å². The Morgan fingerprint density at radius 3 is 1.57 bits per heavy atom. The maximum Gasteiger partial charge on any atom is 0.307 e. The molecule has 0 fully saturated rings. The second-order valence-electron chi connectivity index (χ2n) is 5.24. The summed E-state index contributed by atoms with van der Waals surface area (Å²) in [5.74, 6) is -0.819. The van der Waals surface area contributed by atoms with Crippen LogP contribution in [0.3, 0.4) is 0 Å². The van der Waals surface area contributed by atoms with Gasteiger partial charge in [-0.25, -0.2) is 0 Å². The Bertz CT molecular complexity index is 728. The summed E-state index contributed by atoms with van der Waals surface area (Å²) in [5.41, 5.74) is 3.91. The lowest BCUT2D eigenvalue weighted by Gasteiger charge is -2.25. The van der Waals surface area contributed by atoms with E-state index in [2.05, 4.69) is 29.2 Å². The molecule has 0 aromatic heterocycles. The van der Waals surface area contributed by atoms with Gasteiger partial charge in [0.1, 0.15) is 0 Å². The van der Waals surface area contributed by atoms with Crippen molar-refractivity contribution < 1.29 is 9.90 Å². The van der Waals surface area contributed by atoms with E-state index in [-0.39, 0.29) is 6.42 Å². The monoisotopic (exact) mass is 303 g/mol. The van der Waals surface area contributed by atoms with Crippen LogP contribution < -0.4 is 4.90 Å². The Kier molecular flexibility index (Phi) is 4.39. The molecule has 0 radical (unpaired) electrons. The molecule has 0 saturated heterocycles. The van der Waals surface area contributed by atoms with Gasteiger partial charge >= 0.3 is 5.97 Å². The molecule has 3 rings (SSSR count). The summed E-state index contributed by atoms with van der Waals surface area (Å²) in [6.45, 7) is 0. The molecule has 0 bridgehead atoms. The van der Waals surface area contributed by atoms with Crippen molar-refractivity contribution in [3.05, 3.63) is 90.5 Å². The van der Waals surface area contributed by atoms with E-state index in [4.69, 9.17) is 5.11 Å². The van der Waals surface area contributed by atoms with Crippen LogP contribution in [0, 0.1) is 0 Å². The van der Waals surface area contributed by atoms with Crippen molar-refractivity contribution in [3.8, 4) is 0 Å². The van der Waals surface area contributed by atoms with Crippen LogP contribution in [0.15, 0.2) is 84.9 Å². The Labute approximate surface area is 135 Å². The van der Waals surface area contributed by atoms with Crippen LogP contribution in [0.1, 0.15) is 5.56 Å². The Morgan fingerprint density at radius 1 is 0.696 bits per heavy atom. The molecule has 0 saturated carbocycles. The van der Waals surface area contributed by atoms with Gasteiger partial charge in [-0.3, -0.25) is 4.79 Å². The zero-order valence-corrected chi connectivity index (χ0v) is 12.6. The van der Waals surface area contributed by atoms with Gasteiger partial charge in [-0.15, -0.1) is 0 Å². The smallest absolute Gasteiger partial charge is 0.307 e. The molecule has 114 valence electrons. The summed E-state index contributed by atoms with van der Waals surface area (Å²) in [6, 6.07) is 27.8. The number of anilines is 3. The van der Waals surface area contributed by atoms with Crippen LogP contribution in [0.25, 0.3) is 0 Å². The van der Waals surface area contributed by atoms with Crippen molar-refractivity contribution in [3.63, 3.8) is 0 Å². The maximum absolute atomic E-state index is 10.8. The number of para-hydroxylation sites is 2. The second-order valence-corrected chi connectivity index (χ2v) is 5.24. The van der Waals surface area contributed by atoms with Gasteiger partial charge in [0.25, 0.3) is 0 Å². The zero-order chi connectivity index (χ0) is 16.1. The normalized spacial score (nSPS) is 10.3. The van der Waals surface area contributed by atoms with Gasteiger partial charge in [-0.05, 0) is 42.0 Å². The number of nitrogens with zero attached hydrogens (tertiary/aromatic N) is 1. The van der Waals surface area contributed by atoms with Crippen LogP contribution in [0.2, 0.25) is 0 Å². The minimum absolute atomic E-state index is 0.0386. The SMILES string of the molecule is O=C(O)Cc1ccc(N(c2ccccc2)c2ccccc2)cc1. The molecular weight excluding hydrogens is 286 g/mol. The van der Waals surface area contributed by atoms with Gasteiger partial charge in [-0.2, -0.15) is 0 Å². The third kappa shape index (κ3) is 3.58. The molecule has 0 atom stereocenters. The summed E-state index contributed by atoms with van der Waals surface area (Å²) in [6.07, 6.45) is 0.0386. The number of carboxylic acids is 1. The fourth-order valence-corrected chi connectivity index (χ4v) is 2.54. The van der Waals surface area contributed by atoms with Gasteiger partial charge in [0.2, 0.25) is 0 Å². The first-order chi connectivity index (χ1) is 11.2. The highest BCUT2D eigenvalue weighted by Crippen LogP contribution is 2.33. The minimum atomic E-state index is -0.819. The Hall–Kier alpha value is -3.07. The number of hydrogen-bond donors (Lipinski definition) is 1. The molecule has 3 nitrogen and oxygen atoms in total. The number of hydrogen-bond acceptors (Lipinski definition) is 2. The van der Waals surface area contributed by atoms with E-state index in [0.717, 1.165) is 22.6 Å². The molecule has 1 N–H and O–H groups in total. The number of rotatable bonds is 5. The summed E-state index contributed by atoms with van der Waals surface area (Å²) >= 11 is 0. The molecule has 0 unspecified atom stereocenters. The fourth-order valence-electron chi connectivity index (χ4n) is 2.54. The van der Waals surface area contributed by atoms with Gasteiger partial charge in [-0.1, -0.05) is 48.5 Å². The van der Waals surface area contributed by atoms with Crippen molar-refractivity contribution >= 4 is 23.0 Å². The van der Waals surface area contributed by atoms with Crippen LogP contribution in [0.4, 0.5) is 17.1 Å². The zero-order valence-electron chi connectivity index (χ0n) is 12.6. The minimum Gasteiger partial charge on any atom is -0.481 e. The van der Waals surface area contributed by atoms with E-state index in [1.807, 2.05) is 60.7 Å². The van der Waals surface area contributed by atoms with Crippen molar-refractivity contribution in [2.75, 3.05) is 4.90 Å². The van der Waals surface area contributed by atoms with E-state index in [1.165, 1.54) is 0 Å². The molecule has 0 heterocycles. The first-order valence-corrected chi connectivity index (χ1v) is 7.45. The highest BCUT2D eigenvalue weighted by Gasteiger charge is 2.11. The first kappa shape index (κ1) is 14.9. The molecule has 0 spiro atoms. The van der Waals surface area contributed by atoms with E-state index >= 15 is 0 Å². The summed E-state index contributed by atoms with van der Waals surface area (Å²) in [4.78, 5) is 13.0. The molecule has 3 aromatic rings. The molecule has 0 aliphatic carbocycles. The summed E-state index contributed by atoms with van der Waals surface area (Å²) in [7, 11) is 0. The number of carboxylic acid groups (broad SMARTS) is 1. The predicted octanol–water partition coefficient (Wildman–Crippen LogP) is 4.78. The average Bonchev–Trinajstić information content (AvgIpc) is 2.58. The quantitative estimate of drug-likeness (QED) is 0.737. The first-order valence-electron chi connectivity index (χ1n) is 7.45. The summed E-state index contributed by atoms with van der Waals surface area (Å²) < 4.78 is 0. The molecule has 0 aliphatic rings. The Balaban J connectivity index is 2.00. The van der Waals surface area contributed by atoms with Crippen molar-refractivity contribution in [1.82, 2.24) is 0 Å². The highest BCUT2D eigenvalue weighted by atomic mass is 16.4. The van der Waals surface area contributed by atoms with Crippen LogP contribution in [-0.2, 0) is 11.2 Å². The second kappa shape index (κ2) is 6.79. The average molecular weight is 303 g/mol. The predicted molar refractivity (Wildman–Crippen MR) is 92.5 cm³/mol. The molecule has 0 amide bonds. The fraction of sp³-hybridized carbons (Fsp3) is 0.0500. The number of carbonyl (C=O) groups is 1. The number of benzene rings is 3. The van der Waals surface area contributed by atoms with Crippen molar-refractivity contribution in [1.29, 1.82) is 0 Å². The number of aliphatic carboxylic acids is 1. The lowest BCUT2D eigenvalue weighted by Crippen LogP contribution is -2.10. The van der Waals surface area contributed by atoms with E-state index in [9.17, 15) is 4.79 Å². The maximum atomic E-state index is 10.8. The molecule has 23 heavy (non-hydrogen) atoms. The molecular formula is C20H17NO2. The standard InChI is InChI=1S/C20H17NO2/c22-20(23)15-16-11-13-19(14-12-16)21(17-7-3-1-4-8-17)18-9-5-2-6-10-18/h1-14H,15H2,(H,22,23). The molecule has 0 aliphatic heterocycles. The van der Waals surface area contributed by atoms with E-state index < -0.39 is 5.97 Å². The molecule has 3 aromatic carbocycles. The lowest BCUT2D eigenvalue weighted by atomic mass is 10.1. The van der Waals surface area contributed by atoms with E-state index in [1.54, 1.807) is 0 Å². The van der Waals surface area contributed by atoms with Crippen molar-refractivity contribution in [2.45, 2.75) is 6.42 Å². The highest BCUT2D eigenvalue weighted by molar-refractivity contribution is 5.77. The van der Waals surface area contributed by atoms with Crippen LogP contribution in [-0.4, -0.2) is 11.1 Å². The largest absolute Gasteiger partial charge is 0.481 e. The Morgan fingerprint density at radius 2 is 1.13 bits per heavy atom.